The molecule has 0 bridgehead atoms. The van der Waals surface area contributed by atoms with Crippen LogP contribution in [-0.4, -0.2) is 43.3 Å². The summed E-state index contributed by atoms with van der Waals surface area (Å²) in [6.07, 6.45) is 10.2. The SMILES string of the molecule is CCP(CC)CC.CCP(CC)CC.O=[C-]c1cccc(Cl)c1.[Cl][Ni]. The Hall–Kier alpha value is 0.824. The fourth-order valence-electron chi connectivity index (χ4n) is 1.89. The van der Waals surface area contributed by atoms with Gasteiger partial charge < -0.3 is 4.79 Å². The Kier molecular flexibility index (Phi) is 30.3. The van der Waals surface area contributed by atoms with E-state index in [0.717, 1.165) is 0 Å². The van der Waals surface area contributed by atoms with Crippen LogP contribution < -0.4 is 0 Å². The molecule has 0 N–H and O–H groups in total. The first-order valence-corrected chi connectivity index (χ1v) is 14.3. The molecule has 0 heterocycles. The fraction of sp³-hybridized carbons (Fsp3) is 0.632. The van der Waals surface area contributed by atoms with Gasteiger partial charge in [-0.15, -0.1) is 33.5 Å². The topological polar surface area (TPSA) is 17.1 Å². The van der Waals surface area contributed by atoms with Crippen LogP contribution in [0.1, 0.15) is 47.1 Å². The molecule has 1 aromatic rings. The van der Waals surface area contributed by atoms with Gasteiger partial charge in [-0.25, -0.2) is 0 Å². The van der Waals surface area contributed by atoms with Crippen LogP contribution in [0.2, 0.25) is 5.02 Å². The summed E-state index contributed by atoms with van der Waals surface area (Å²) in [4.78, 5) is 9.98. The first kappa shape index (κ1) is 30.5. The third-order valence-electron chi connectivity index (χ3n) is 3.63. The summed E-state index contributed by atoms with van der Waals surface area (Å²) < 4.78 is 0. The summed E-state index contributed by atoms with van der Waals surface area (Å²) in [5, 5.41) is 0.566. The second-order valence-electron chi connectivity index (χ2n) is 4.85. The second kappa shape index (κ2) is 24.8. The van der Waals surface area contributed by atoms with Crippen LogP contribution >= 0.6 is 37.6 Å². The van der Waals surface area contributed by atoms with Gasteiger partial charge in [-0.2, -0.15) is 6.07 Å². The van der Waals surface area contributed by atoms with Crippen LogP contribution in [0, 0.1) is 0 Å². The summed E-state index contributed by atoms with van der Waals surface area (Å²) in [6, 6.07) is 6.64. The van der Waals surface area contributed by atoms with Gasteiger partial charge in [0.15, 0.2) is 0 Å². The number of carbonyl (C=O) groups excluding carboxylic acids is 1. The van der Waals surface area contributed by atoms with E-state index in [1.807, 2.05) is 0 Å². The molecule has 0 saturated heterocycles. The predicted molar refractivity (Wildman–Crippen MR) is 119 cm³/mol. The van der Waals surface area contributed by atoms with Gasteiger partial charge in [-0.05, 0) is 42.0 Å². The van der Waals surface area contributed by atoms with E-state index in [1.165, 1.54) is 37.0 Å². The Bertz CT molecular complexity index is 364. The first-order valence-electron chi connectivity index (χ1n) is 8.72. The van der Waals surface area contributed by atoms with E-state index in [0.29, 0.717) is 26.4 Å². The molecule has 1 nitrogen and oxygen atoms in total. The average molecular weight is 470 g/mol. The molecular weight excluding hydrogens is 436 g/mol. The molecule has 0 aromatic heterocycles. The summed E-state index contributed by atoms with van der Waals surface area (Å²) in [7, 11) is 5.16. The van der Waals surface area contributed by atoms with Crippen molar-refractivity contribution in [3.05, 3.63) is 34.9 Å². The fourth-order valence-corrected chi connectivity index (χ4v) is 4.77. The van der Waals surface area contributed by atoms with Crippen molar-refractivity contribution in [3.63, 3.8) is 0 Å². The molecule has 0 radical (unpaired) electrons. The molecule has 6 heteroatoms. The Balaban J connectivity index is -0.000000280. The predicted octanol–water partition coefficient (Wildman–Crippen LogP) is 7.54. The molecule has 0 atom stereocenters. The molecule has 0 aliphatic carbocycles. The third kappa shape index (κ3) is 21.0. The molecule has 151 valence electrons. The number of halogens is 2. The summed E-state index contributed by atoms with van der Waals surface area (Å²) in [5.74, 6) is 0. The Morgan fingerprint density at radius 3 is 1.36 bits per heavy atom. The van der Waals surface area contributed by atoms with Gasteiger partial charge in [0.2, 0.25) is 0 Å². The van der Waals surface area contributed by atoms with E-state index in [4.69, 9.17) is 11.6 Å². The van der Waals surface area contributed by atoms with E-state index in [1.54, 1.807) is 30.6 Å². The van der Waals surface area contributed by atoms with Crippen LogP contribution in [0.5, 0.6) is 0 Å². The van der Waals surface area contributed by atoms with Crippen molar-refractivity contribution >= 4 is 43.9 Å². The van der Waals surface area contributed by atoms with E-state index in [2.05, 4.69) is 66.3 Å². The van der Waals surface area contributed by atoms with Crippen LogP contribution in [0.4, 0.5) is 0 Å². The van der Waals surface area contributed by atoms with E-state index >= 15 is 0 Å². The van der Waals surface area contributed by atoms with Crippen LogP contribution in [-0.2, 0) is 19.4 Å². The molecule has 25 heavy (non-hydrogen) atoms. The standard InChI is InChI=1S/C7H4ClO.2C6H15P.ClH.Ni/c8-7-3-1-2-6(4-7)5-9;2*1-4-7(5-2)6-3;;/h1-4H;2*4-6H2,1-3H3;1H;/q-1;;;;+1/p-1. The molecule has 0 aliphatic heterocycles. The molecule has 0 spiro atoms. The molecule has 0 unspecified atom stereocenters. The average Bonchev–Trinajstić information content (AvgIpc) is 2.67. The monoisotopic (exact) mass is 468 g/mol. The van der Waals surface area contributed by atoms with Crippen molar-refractivity contribution in [1.82, 2.24) is 0 Å². The number of benzene rings is 1. The minimum atomic E-state index is 0.446. The zero-order valence-corrected chi connectivity index (χ0v) is 20.7. The van der Waals surface area contributed by atoms with Gasteiger partial charge >= 0.3 is 24.8 Å². The Labute approximate surface area is 176 Å². The van der Waals surface area contributed by atoms with Crippen molar-refractivity contribution in [2.45, 2.75) is 41.5 Å². The van der Waals surface area contributed by atoms with Gasteiger partial charge in [-0.3, -0.25) is 0 Å². The van der Waals surface area contributed by atoms with E-state index in [-0.39, 0.29) is 0 Å². The first-order chi connectivity index (χ1) is 12.0. The molecule has 0 fully saturated rings. The molecule has 1 rings (SSSR count). The third-order valence-corrected chi connectivity index (χ3v) is 9.23. The van der Waals surface area contributed by atoms with Gasteiger partial charge in [0.25, 0.3) is 0 Å². The maximum absolute atomic E-state index is 9.98. The van der Waals surface area contributed by atoms with Crippen molar-refractivity contribution < 1.29 is 19.4 Å². The summed E-state index contributed by atoms with van der Waals surface area (Å²) in [6.45, 7) is 13.7. The Morgan fingerprint density at radius 2 is 1.20 bits per heavy atom. The Morgan fingerprint density at radius 1 is 0.840 bits per heavy atom. The van der Waals surface area contributed by atoms with Crippen molar-refractivity contribution in [2.75, 3.05) is 37.0 Å². The van der Waals surface area contributed by atoms with E-state index < -0.39 is 0 Å². The summed E-state index contributed by atoms with van der Waals surface area (Å²) in [5.41, 5.74) is 0.488. The van der Waals surface area contributed by atoms with Gasteiger partial charge in [-0.1, -0.05) is 59.2 Å². The zero-order chi connectivity index (χ0) is 20.1. The normalized spacial score (nSPS) is 9.28. The molecular formula is C19H34Cl2NiOP2-. The second-order valence-corrected chi connectivity index (χ2v) is 11.8. The van der Waals surface area contributed by atoms with E-state index in [9.17, 15) is 4.79 Å². The number of hydrogen-bond acceptors (Lipinski definition) is 1. The maximum atomic E-state index is 9.98. The van der Waals surface area contributed by atoms with Crippen molar-refractivity contribution in [1.29, 1.82) is 0 Å². The molecule has 0 aliphatic rings. The van der Waals surface area contributed by atoms with Gasteiger partial charge in [0, 0.05) is 0 Å². The van der Waals surface area contributed by atoms with Crippen molar-refractivity contribution in [2.24, 2.45) is 0 Å². The van der Waals surface area contributed by atoms with Crippen LogP contribution in [0.15, 0.2) is 24.3 Å². The number of rotatable bonds is 7. The zero-order valence-electron chi connectivity index (χ0n) is 16.4. The molecule has 1 aromatic carbocycles. The molecule has 0 amide bonds. The van der Waals surface area contributed by atoms with Crippen molar-refractivity contribution in [3.8, 4) is 0 Å². The van der Waals surface area contributed by atoms with Gasteiger partial charge in [0.05, 0.1) is 6.29 Å². The number of hydrogen-bond donors (Lipinski definition) is 0. The van der Waals surface area contributed by atoms with Crippen LogP contribution in [0.3, 0.4) is 0 Å². The summed E-state index contributed by atoms with van der Waals surface area (Å²) >= 11 is 8.89. The van der Waals surface area contributed by atoms with Gasteiger partial charge in [0.1, 0.15) is 0 Å². The molecule has 0 saturated carbocycles. The quantitative estimate of drug-likeness (QED) is 0.229. The minimum absolute atomic E-state index is 0.446. The van der Waals surface area contributed by atoms with Crippen LogP contribution in [0.25, 0.3) is 0 Å².